The Kier molecular flexibility index (Phi) is 5.44. The van der Waals surface area contributed by atoms with E-state index in [0.29, 0.717) is 0 Å². The van der Waals surface area contributed by atoms with Gasteiger partial charge in [0, 0.05) is 24.3 Å². The van der Waals surface area contributed by atoms with E-state index in [4.69, 9.17) is 4.74 Å². The zero-order valence-corrected chi connectivity index (χ0v) is 16.2. The zero-order chi connectivity index (χ0) is 18.7. The number of hydrogen-bond donors (Lipinski definition) is 0. The summed E-state index contributed by atoms with van der Waals surface area (Å²) >= 11 is 0. The maximum absolute atomic E-state index is 13.4. The molecule has 0 saturated carbocycles. The van der Waals surface area contributed by atoms with Crippen LogP contribution in [0.25, 0.3) is 0 Å². The zero-order valence-electron chi connectivity index (χ0n) is 16.2. The van der Waals surface area contributed by atoms with E-state index in [1.807, 2.05) is 50.2 Å². The molecule has 2 aromatic carbocycles. The molecule has 138 valence electrons. The van der Waals surface area contributed by atoms with Gasteiger partial charge >= 0.3 is 0 Å². The van der Waals surface area contributed by atoms with Gasteiger partial charge in [0.05, 0.1) is 13.2 Å². The summed E-state index contributed by atoms with van der Waals surface area (Å²) in [7, 11) is 3.92. The summed E-state index contributed by atoms with van der Waals surface area (Å²) in [6.07, 6.45) is 0. The molecule has 2 aromatic rings. The summed E-state index contributed by atoms with van der Waals surface area (Å²) in [6.45, 7) is 7.36. The van der Waals surface area contributed by atoms with Crippen molar-refractivity contribution < 1.29 is 9.53 Å². The number of Topliss-reactive ketones (excluding diaryl/α,β-unsaturated/α-hetero) is 1. The average molecular weight is 352 g/mol. The molecule has 0 amide bonds. The fourth-order valence-corrected chi connectivity index (χ4v) is 3.40. The van der Waals surface area contributed by atoms with Gasteiger partial charge in [-0.05, 0) is 57.8 Å². The molecule has 1 unspecified atom stereocenters. The smallest absolute Gasteiger partial charge is 0.187 e. The van der Waals surface area contributed by atoms with Crippen LogP contribution < -0.4 is 4.90 Å². The van der Waals surface area contributed by atoms with Crippen molar-refractivity contribution in [3.05, 3.63) is 65.2 Å². The van der Waals surface area contributed by atoms with Crippen LogP contribution in [0.4, 0.5) is 5.69 Å². The van der Waals surface area contributed by atoms with Crippen molar-refractivity contribution in [3.8, 4) is 0 Å². The first-order valence-corrected chi connectivity index (χ1v) is 9.15. The highest BCUT2D eigenvalue weighted by Crippen LogP contribution is 2.31. The number of likely N-dealkylation sites (N-methyl/N-ethyl adjacent to an activating group) is 1. The lowest BCUT2D eigenvalue weighted by atomic mass is 9.83. The molecule has 4 heteroatoms. The third-order valence-corrected chi connectivity index (χ3v) is 5.46. The Hall–Kier alpha value is -2.17. The highest BCUT2D eigenvalue weighted by molar-refractivity contribution is 6.03. The van der Waals surface area contributed by atoms with Crippen LogP contribution in [0, 0.1) is 6.92 Å². The molecule has 4 nitrogen and oxygen atoms in total. The van der Waals surface area contributed by atoms with Gasteiger partial charge in [0.1, 0.15) is 5.54 Å². The van der Waals surface area contributed by atoms with Crippen LogP contribution in [0.3, 0.4) is 0 Å². The number of ketones is 1. The van der Waals surface area contributed by atoms with Gasteiger partial charge in [0.25, 0.3) is 0 Å². The molecule has 3 rings (SSSR count). The lowest BCUT2D eigenvalue weighted by Gasteiger charge is -2.36. The number of carbonyl (C=O) groups is 1. The fourth-order valence-electron chi connectivity index (χ4n) is 3.40. The van der Waals surface area contributed by atoms with E-state index in [2.05, 4.69) is 36.1 Å². The Morgan fingerprint density at radius 1 is 1.00 bits per heavy atom. The predicted octanol–water partition coefficient (Wildman–Crippen LogP) is 3.49. The van der Waals surface area contributed by atoms with Gasteiger partial charge in [-0.1, -0.05) is 29.8 Å². The summed E-state index contributed by atoms with van der Waals surface area (Å²) in [5.74, 6) is 0.111. The number of carbonyl (C=O) groups excluding carboxylic acids is 1. The van der Waals surface area contributed by atoms with E-state index in [9.17, 15) is 4.79 Å². The summed E-state index contributed by atoms with van der Waals surface area (Å²) in [6, 6.07) is 16.2. The number of aryl methyl sites for hydroxylation is 1. The van der Waals surface area contributed by atoms with Gasteiger partial charge in [0.2, 0.25) is 0 Å². The van der Waals surface area contributed by atoms with Crippen LogP contribution in [0.1, 0.15) is 28.4 Å². The Bertz CT molecular complexity index is 747. The number of anilines is 1. The highest BCUT2D eigenvalue weighted by atomic mass is 16.5. The van der Waals surface area contributed by atoms with Crippen LogP contribution in [0.5, 0.6) is 0 Å². The number of ether oxygens (including phenoxy) is 1. The minimum Gasteiger partial charge on any atom is -0.378 e. The quantitative estimate of drug-likeness (QED) is 0.771. The number of hydrogen-bond acceptors (Lipinski definition) is 4. The fraction of sp³-hybridized carbons (Fsp3) is 0.409. The van der Waals surface area contributed by atoms with Crippen molar-refractivity contribution >= 4 is 11.5 Å². The van der Waals surface area contributed by atoms with E-state index in [-0.39, 0.29) is 5.78 Å². The standard InChI is InChI=1S/C22H28N2O2/c1-17-5-9-19(10-6-17)22(2,23(3)4)21(25)18-7-11-20(12-8-18)24-13-15-26-16-14-24/h5-12H,13-16H2,1-4H3. The normalized spacial score (nSPS) is 17.2. The highest BCUT2D eigenvalue weighted by Gasteiger charge is 2.38. The molecule has 1 saturated heterocycles. The number of morpholine rings is 1. The Labute approximate surface area is 156 Å². The topological polar surface area (TPSA) is 32.8 Å². The second-order valence-electron chi connectivity index (χ2n) is 7.31. The van der Waals surface area contributed by atoms with Crippen molar-refractivity contribution in [2.45, 2.75) is 19.4 Å². The molecular formula is C22H28N2O2. The van der Waals surface area contributed by atoms with Crippen LogP contribution in [0.15, 0.2) is 48.5 Å². The van der Waals surface area contributed by atoms with Gasteiger partial charge in [-0.3, -0.25) is 9.69 Å². The summed E-state index contributed by atoms with van der Waals surface area (Å²) in [5.41, 5.74) is 3.38. The molecule has 1 atom stereocenters. The van der Waals surface area contributed by atoms with Gasteiger partial charge in [-0.15, -0.1) is 0 Å². The molecule has 0 N–H and O–H groups in total. The summed E-state index contributed by atoms with van der Waals surface area (Å²) < 4.78 is 5.41. The summed E-state index contributed by atoms with van der Waals surface area (Å²) in [5, 5.41) is 0. The molecule has 1 fully saturated rings. The van der Waals surface area contributed by atoms with E-state index in [1.54, 1.807) is 0 Å². The molecule has 0 spiro atoms. The van der Waals surface area contributed by atoms with Gasteiger partial charge in [0.15, 0.2) is 5.78 Å². The Balaban J connectivity index is 1.88. The lowest BCUT2D eigenvalue weighted by molar-refractivity contribution is 0.0714. The van der Waals surface area contributed by atoms with Crippen LogP contribution >= 0.6 is 0 Å². The molecular weight excluding hydrogens is 324 g/mol. The van der Waals surface area contributed by atoms with Crippen molar-refractivity contribution in [2.75, 3.05) is 45.3 Å². The molecule has 1 aliphatic heterocycles. The predicted molar refractivity (Wildman–Crippen MR) is 106 cm³/mol. The minimum absolute atomic E-state index is 0.111. The molecule has 0 aromatic heterocycles. The summed E-state index contributed by atoms with van der Waals surface area (Å²) in [4.78, 5) is 17.7. The Morgan fingerprint density at radius 2 is 1.58 bits per heavy atom. The molecule has 0 bridgehead atoms. The van der Waals surface area contributed by atoms with Gasteiger partial charge in [-0.25, -0.2) is 0 Å². The first-order chi connectivity index (χ1) is 12.4. The monoisotopic (exact) mass is 352 g/mol. The van der Waals surface area contributed by atoms with Crippen molar-refractivity contribution in [1.82, 2.24) is 4.90 Å². The third kappa shape index (κ3) is 3.53. The van der Waals surface area contributed by atoms with Gasteiger partial charge < -0.3 is 9.64 Å². The number of nitrogens with zero attached hydrogens (tertiary/aromatic N) is 2. The molecule has 26 heavy (non-hydrogen) atoms. The second-order valence-corrected chi connectivity index (χ2v) is 7.31. The number of rotatable bonds is 5. The minimum atomic E-state index is -0.700. The number of benzene rings is 2. The first-order valence-electron chi connectivity index (χ1n) is 9.15. The van der Waals surface area contributed by atoms with Crippen LogP contribution in [0.2, 0.25) is 0 Å². The lowest BCUT2D eigenvalue weighted by Crippen LogP contribution is -2.45. The van der Waals surface area contributed by atoms with E-state index >= 15 is 0 Å². The van der Waals surface area contributed by atoms with Crippen LogP contribution in [-0.4, -0.2) is 51.1 Å². The van der Waals surface area contributed by atoms with Gasteiger partial charge in [-0.2, -0.15) is 0 Å². The Morgan fingerprint density at radius 3 is 2.12 bits per heavy atom. The maximum atomic E-state index is 13.4. The van der Waals surface area contributed by atoms with E-state index in [0.717, 1.165) is 43.1 Å². The van der Waals surface area contributed by atoms with Crippen molar-refractivity contribution in [1.29, 1.82) is 0 Å². The molecule has 1 heterocycles. The van der Waals surface area contributed by atoms with Crippen LogP contribution in [-0.2, 0) is 10.3 Å². The van der Waals surface area contributed by atoms with E-state index in [1.165, 1.54) is 5.56 Å². The molecule has 1 aliphatic rings. The maximum Gasteiger partial charge on any atom is 0.187 e. The third-order valence-electron chi connectivity index (χ3n) is 5.46. The average Bonchev–Trinajstić information content (AvgIpc) is 2.68. The van der Waals surface area contributed by atoms with E-state index < -0.39 is 5.54 Å². The van der Waals surface area contributed by atoms with Crippen molar-refractivity contribution in [3.63, 3.8) is 0 Å². The van der Waals surface area contributed by atoms with Crippen molar-refractivity contribution in [2.24, 2.45) is 0 Å². The molecule has 0 radical (unpaired) electrons. The largest absolute Gasteiger partial charge is 0.378 e. The SMILES string of the molecule is Cc1ccc(C(C)(C(=O)c2ccc(N3CCOCC3)cc2)N(C)C)cc1. The second kappa shape index (κ2) is 7.60. The first kappa shape index (κ1) is 18.6. The molecule has 0 aliphatic carbocycles.